The quantitative estimate of drug-likeness (QED) is 0.240. The van der Waals surface area contributed by atoms with Crippen LogP contribution in [0.5, 0.6) is 5.75 Å². The van der Waals surface area contributed by atoms with Gasteiger partial charge >= 0.3 is 12.4 Å². The number of amides is 3. The van der Waals surface area contributed by atoms with Gasteiger partial charge in [0.25, 0.3) is 0 Å². The summed E-state index contributed by atoms with van der Waals surface area (Å²) in [6.45, 7) is 0. The predicted octanol–water partition coefficient (Wildman–Crippen LogP) is 6.13. The molecule has 43 heavy (non-hydrogen) atoms. The summed E-state index contributed by atoms with van der Waals surface area (Å²) in [5.74, 6) is -1.17. The maximum atomic E-state index is 15.0. The number of benzene rings is 3. The molecule has 3 amide bonds. The van der Waals surface area contributed by atoms with Crippen LogP contribution in [0.25, 0.3) is 28.0 Å². The number of nitrogens with one attached hydrogen (secondary N) is 1. The molecule has 0 atom stereocenters. The van der Waals surface area contributed by atoms with Crippen molar-refractivity contribution in [2.45, 2.75) is 6.36 Å². The zero-order chi connectivity index (χ0) is 30.3. The van der Waals surface area contributed by atoms with Gasteiger partial charge in [0.2, 0.25) is 5.91 Å². The zero-order valence-corrected chi connectivity index (χ0v) is 22.9. The van der Waals surface area contributed by atoms with E-state index >= 15 is 0 Å². The molecule has 218 valence electrons. The van der Waals surface area contributed by atoms with Crippen LogP contribution in [-0.2, 0) is 11.8 Å². The molecule has 10 nitrogen and oxygen atoms in total. The normalized spacial score (nSPS) is 14.6. The fourth-order valence-electron chi connectivity index (χ4n) is 4.39. The standard InChI is InChI=1S/C28H19F4N7O3S/c1-37-11-10-16-2-4-19(13-23(16)37)39-24(40)14-43-27(39)35-26(41)34-22-9-3-17(12-21(22)29)25-33-15-38(36-25)18-5-7-20(8-6-18)42-28(30,31)32/h2-13,15H,14H2,1H3,(H,34,41). The molecule has 6 rings (SSSR count). The van der Waals surface area contributed by atoms with Gasteiger partial charge in [-0.25, -0.2) is 18.9 Å². The molecular weight excluding hydrogens is 590 g/mol. The van der Waals surface area contributed by atoms with Crippen molar-refractivity contribution in [3.63, 3.8) is 0 Å². The molecule has 1 saturated heterocycles. The van der Waals surface area contributed by atoms with Gasteiger partial charge in [-0.15, -0.1) is 18.3 Å². The summed E-state index contributed by atoms with van der Waals surface area (Å²) in [6.07, 6.45) is -1.59. The number of thioether (sulfide) groups is 1. The van der Waals surface area contributed by atoms with E-state index in [1.807, 2.05) is 36.0 Å². The highest BCUT2D eigenvalue weighted by Gasteiger charge is 2.32. The second-order valence-electron chi connectivity index (χ2n) is 9.26. The number of amidine groups is 1. The Morgan fingerprint density at radius 1 is 1.05 bits per heavy atom. The number of anilines is 2. The maximum absolute atomic E-state index is 15.0. The lowest BCUT2D eigenvalue weighted by Crippen LogP contribution is -2.30. The van der Waals surface area contributed by atoms with Crippen molar-refractivity contribution < 1.29 is 31.9 Å². The minimum Gasteiger partial charge on any atom is -0.406 e. The van der Waals surface area contributed by atoms with Gasteiger partial charge in [-0.3, -0.25) is 9.69 Å². The molecule has 3 heterocycles. The topological polar surface area (TPSA) is 107 Å². The van der Waals surface area contributed by atoms with E-state index in [1.165, 1.54) is 40.2 Å². The monoisotopic (exact) mass is 609 g/mol. The van der Waals surface area contributed by atoms with E-state index in [4.69, 9.17) is 0 Å². The lowest BCUT2D eigenvalue weighted by Gasteiger charge is -2.16. The number of urea groups is 1. The van der Waals surface area contributed by atoms with Gasteiger partial charge in [0.1, 0.15) is 17.9 Å². The van der Waals surface area contributed by atoms with Crippen molar-refractivity contribution in [3.8, 4) is 22.8 Å². The first kappa shape index (κ1) is 28.0. The summed E-state index contributed by atoms with van der Waals surface area (Å²) in [6, 6.07) is 15.5. The Hall–Kier alpha value is -5.18. The molecule has 1 fully saturated rings. The number of aromatic nitrogens is 4. The highest BCUT2D eigenvalue weighted by molar-refractivity contribution is 8.15. The zero-order valence-electron chi connectivity index (χ0n) is 22.0. The molecule has 0 unspecified atom stereocenters. The summed E-state index contributed by atoms with van der Waals surface area (Å²) in [4.78, 5) is 34.9. The maximum Gasteiger partial charge on any atom is 0.573 e. The third-order valence-corrected chi connectivity index (χ3v) is 7.31. The van der Waals surface area contributed by atoms with Crippen LogP contribution < -0.4 is 15.0 Å². The number of fused-ring (bicyclic) bond motifs is 1. The van der Waals surface area contributed by atoms with E-state index in [0.29, 0.717) is 11.4 Å². The van der Waals surface area contributed by atoms with Crippen molar-refractivity contribution in [1.82, 2.24) is 19.3 Å². The van der Waals surface area contributed by atoms with Crippen LogP contribution in [0.1, 0.15) is 0 Å². The summed E-state index contributed by atoms with van der Waals surface area (Å²) in [5.41, 5.74) is 2.00. The number of ether oxygens (including phenoxy) is 1. The number of alkyl halides is 3. The molecule has 15 heteroatoms. The molecular formula is C28H19F4N7O3S. The second-order valence-corrected chi connectivity index (χ2v) is 10.2. The van der Waals surface area contributed by atoms with Crippen LogP contribution >= 0.6 is 11.8 Å². The number of carbonyl (C=O) groups is 2. The van der Waals surface area contributed by atoms with Crippen LogP contribution in [0, 0.1) is 5.82 Å². The summed E-state index contributed by atoms with van der Waals surface area (Å²) >= 11 is 1.10. The summed E-state index contributed by atoms with van der Waals surface area (Å²) in [7, 11) is 1.88. The Kier molecular flexibility index (Phi) is 7.09. The minimum absolute atomic E-state index is 0.103. The van der Waals surface area contributed by atoms with Gasteiger partial charge in [-0.1, -0.05) is 17.8 Å². The third-order valence-electron chi connectivity index (χ3n) is 6.39. The van der Waals surface area contributed by atoms with E-state index in [-0.39, 0.29) is 39.7 Å². The molecule has 0 spiro atoms. The lowest BCUT2D eigenvalue weighted by atomic mass is 10.2. The molecule has 0 radical (unpaired) electrons. The summed E-state index contributed by atoms with van der Waals surface area (Å²) in [5, 5.41) is 7.80. The Balaban J connectivity index is 1.16. The van der Waals surface area contributed by atoms with E-state index in [1.54, 1.807) is 6.07 Å². The third kappa shape index (κ3) is 5.92. The van der Waals surface area contributed by atoms with E-state index in [2.05, 4.69) is 25.1 Å². The number of halogens is 4. The van der Waals surface area contributed by atoms with Crippen molar-refractivity contribution >= 4 is 51.1 Å². The molecule has 0 aliphatic carbocycles. The molecule has 2 aromatic heterocycles. The second kappa shape index (κ2) is 10.9. The van der Waals surface area contributed by atoms with Gasteiger partial charge in [0.05, 0.1) is 22.8 Å². The van der Waals surface area contributed by atoms with Gasteiger partial charge in [-0.05, 0) is 66.0 Å². The number of hydrogen-bond donors (Lipinski definition) is 1. The van der Waals surface area contributed by atoms with Crippen LogP contribution in [0.15, 0.2) is 84.2 Å². The molecule has 3 aromatic carbocycles. The first-order valence-electron chi connectivity index (χ1n) is 12.5. The number of carbonyl (C=O) groups excluding carboxylic acids is 2. The number of aryl methyl sites for hydroxylation is 1. The largest absolute Gasteiger partial charge is 0.573 e. The van der Waals surface area contributed by atoms with Crippen LogP contribution in [0.4, 0.5) is 33.7 Å². The van der Waals surface area contributed by atoms with Gasteiger partial charge in [0, 0.05) is 24.3 Å². The number of aliphatic imine (C=N–C) groups is 1. The Morgan fingerprint density at radius 3 is 2.56 bits per heavy atom. The minimum atomic E-state index is -4.81. The average molecular weight is 610 g/mol. The Morgan fingerprint density at radius 2 is 1.81 bits per heavy atom. The van der Waals surface area contributed by atoms with Gasteiger partial charge in [-0.2, -0.15) is 4.99 Å². The molecule has 0 bridgehead atoms. The molecule has 0 saturated carbocycles. The fraction of sp³-hybridized carbons (Fsp3) is 0.107. The number of nitrogens with zero attached hydrogens (tertiary/aromatic N) is 6. The smallest absolute Gasteiger partial charge is 0.406 e. The van der Waals surface area contributed by atoms with Crippen LogP contribution in [0.2, 0.25) is 0 Å². The van der Waals surface area contributed by atoms with Crippen LogP contribution in [0.3, 0.4) is 0 Å². The summed E-state index contributed by atoms with van der Waals surface area (Å²) < 4.78 is 59.2. The predicted molar refractivity (Wildman–Crippen MR) is 153 cm³/mol. The van der Waals surface area contributed by atoms with E-state index < -0.39 is 18.2 Å². The Labute approximate surface area is 244 Å². The molecule has 5 aromatic rings. The average Bonchev–Trinajstić information content (AvgIpc) is 3.68. The first-order valence-corrected chi connectivity index (χ1v) is 13.5. The van der Waals surface area contributed by atoms with E-state index in [0.717, 1.165) is 40.9 Å². The SMILES string of the molecule is Cn1ccc2ccc(N3C(=O)CSC3=NC(=O)Nc3ccc(-c4ncn(-c5ccc(OC(F)(F)F)cc5)n4)cc3F)cc21. The molecule has 1 aliphatic heterocycles. The highest BCUT2D eigenvalue weighted by atomic mass is 32.2. The van der Waals surface area contributed by atoms with Crippen LogP contribution in [-0.4, -0.2) is 48.6 Å². The molecule has 1 aliphatic rings. The van der Waals surface area contributed by atoms with Crippen molar-refractivity contribution in [3.05, 3.63) is 85.1 Å². The lowest BCUT2D eigenvalue weighted by molar-refractivity contribution is -0.274. The van der Waals surface area contributed by atoms with Gasteiger partial charge < -0.3 is 14.6 Å². The highest BCUT2D eigenvalue weighted by Crippen LogP contribution is 2.30. The molecule has 1 N–H and O–H groups in total. The number of hydrogen-bond acceptors (Lipinski definition) is 6. The van der Waals surface area contributed by atoms with Crippen molar-refractivity contribution in [2.75, 3.05) is 16.0 Å². The van der Waals surface area contributed by atoms with Gasteiger partial charge in [0.15, 0.2) is 11.0 Å². The number of rotatable bonds is 5. The van der Waals surface area contributed by atoms with Crippen molar-refractivity contribution in [1.29, 1.82) is 0 Å². The Bertz CT molecular complexity index is 1900. The van der Waals surface area contributed by atoms with Crippen molar-refractivity contribution in [2.24, 2.45) is 12.0 Å². The fourth-order valence-corrected chi connectivity index (χ4v) is 5.26. The van der Waals surface area contributed by atoms with E-state index in [9.17, 15) is 27.2 Å². The first-order chi connectivity index (χ1) is 20.5.